The smallest absolute Gasteiger partial charge is 0.293 e. The zero-order chi connectivity index (χ0) is 22.8. The van der Waals surface area contributed by atoms with Crippen LogP contribution in [0.1, 0.15) is 44.9 Å². The number of nitro benzene ring substituents is 1. The van der Waals surface area contributed by atoms with E-state index in [0.29, 0.717) is 11.3 Å². The van der Waals surface area contributed by atoms with Crippen LogP contribution in [0, 0.1) is 24.0 Å². The van der Waals surface area contributed by atoms with E-state index < -0.39 is 16.7 Å². The molecule has 1 aromatic heterocycles. The van der Waals surface area contributed by atoms with Crippen LogP contribution in [0.5, 0.6) is 0 Å². The summed E-state index contributed by atoms with van der Waals surface area (Å²) in [5.74, 6) is -1.12. The Hall–Kier alpha value is -4.14. The molecule has 0 unspecified atom stereocenters. The van der Waals surface area contributed by atoms with Crippen LogP contribution in [0.2, 0.25) is 0 Å². The average molecular weight is 433 g/mol. The molecule has 0 aliphatic heterocycles. The van der Waals surface area contributed by atoms with Gasteiger partial charge in [0.2, 0.25) is 0 Å². The molecule has 3 N–H and O–H groups in total. The number of hydrogen-bond acceptors (Lipinski definition) is 5. The summed E-state index contributed by atoms with van der Waals surface area (Å²) in [6, 6.07) is 15.8. The van der Waals surface area contributed by atoms with Crippen molar-refractivity contribution < 1.29 is 14.5 Å². The summed E-state index contributed by atoms with van der Waals surface area (Å²) >= 11 is 0. The van der Waals surface area contributed by atoms with Gasteiger partial charge in [-0.1, -0.05) is 18.2 Å². The van der Waals surface area contributed by atoms with Gasteiger partial charge in [0.1, 0.15) is 5.69 Å². The number of anilines is 1. The highest BCUT2D eigenvalue weighted by Crippen LogP contribution is 2.31. The summed E-state index contributed by atoms with van der Waals surface area (Å²) in [5, 5.41) is 14.5. The van der Waals surface area contributed by atoms with Gasteiger partial charge in [-0.05, 0) is 57.0 Å². The van der Waals surface area contributed by atoms with Gasteiger partial charge in [0.05, 0.1) is 10.5 Å². The van der Waals surface area contributed by atoms with Crippen LogP contribution in [0.25, 0.3) is 5.69 Å². The van der Waals surface area contributed by atoms with Gasteiger partial charge in [0.15, 0.2) is 0 Å². The maximum absolute atomic E-state index is 12.7. The number of nitrogens with zero attached hydrogens (tertiary/aromatic N) is 2. The van der Waals surface area contributed by atoms with Gasteiger partial charge in [-0.15, -0.1) is 0 Å². The number of nitro groups is 1. The minimum Gasteiger partial charge on any atom is -0.377 e. The predicted octanol–water partition coefficient (Wildman–Crippen LogP) is 3.65. The van der Waals surface area contributed by atoms with Gasteiger partial charge in [-0.3, -0.25) is 30.6 Å². The van der Waals surface area contributed by atoms with E-state index in [2.05, 4.69) is 16.2 Å². The zero-order valence-electron chi connectivity index (χ0n) is 17.7. The number of carbonyl (C=O) groups excluding carboxylic acids is 2. The van der Waals surface area contributed by atoms with E-state index in [9.17, 15) is 19.7 Å². The summed E-state index contributed by atoms with van der Waals surface area (Å²) in [7, 11) is 0. The first kappa shape index (κ1) is 21.1. The van der Waals surface area contributed by atoms with Crippen molar-refractivity contribution in [2.45, 2.75) is 32.7 Å². The molecule has 1 fully saturated rings. The van der Waals surface area contributed by atoms with Gasteiger partial charge >= 0.3 is 0 Å². The second-order valence-corrected chi connectivity index (χ2v) is 7.77. The van der Waals surface area contributed by atoms with Crippen LogP contribution >= 0.6 is 0 Å². The number of hydrazine groups is 1. The van der Waals surface area contributed by atoms with Crippen molar-refractivity contribution in [3.63, 3.8) is 0 Å². The highest BCUT2D eigenvalue weighted by atomic mass is 16.6. The predicted molar refractivity (Wildman–Crippen MR) is 120 cm³/mol. The Morgan fingerprint density at radius 1 is 1.00 bits per heavy atom. The largest absolute Gasteiger partial charge is 0.377 e. The fourth-order valence-corrected chi connectivity index (χ4v) is 3.61. The Labute approximate surface area is 184 Å². The zero-order valence-corrected chi connectivity index (χ0v) is 17.7. The molecule has 0 bridgehead atoms. The molecular formula is C23H23N5O4. The van der Waals surface area contributed by atoms with Crippen molar-refractivity contribution >= 4 is 23.2 Å². The third kappa shape index (κ3) is 4.31. The Bertz CT molecular complexity index is 1200. The number of rotatable bonds is 6. The van der Waals surface area contributed by atoms with Crippen LogP contribution in [0.15, 0.2) is 54.6 Å². The lowest BCUT2D eigenvalue weighted by Crippen LogP contribution is -2.41. The van der Waals surface area contributed by atoms with Crippen LogP contribution in [0.4, 0.5) is 11.4 Å². The van der Waals surface area contributed by atoms with Gasteiger partial charge in [-0.2, -0.15) is 0 Å². The SMILES string of the molecule is Cc1cc(C(=O)NNC(=O)c2ccc(NC3CC3)c([N+](=O)[O-])c2)c(C)n1-c1ccccc1. The molecule has 1 heterocycles. The third-order valence-corrected chi connectivity index (χ3v) is 5.37. The molecule has 2 aromatic carbocycles. The molecule has 164 valence electrons. The van der Waals surface area contributed by atoms with E-state index in [1.54, 1.807) is 6.07 Å². The fourth-order valence-electron chi connectivity index (χ4n) is 3.61. The van der Waals surface area contributed by atoms with Crippen molar-refractivity contribution in [2.24, 2.45) is 0 Å². The molecule has 0 spiro atoms. The summed E-state index contributed by atoms with van der Waals surface area (Å²) in [4.78, 5) is 36.1. The van der Waals surface area contributed by atoms with Crippen molar-refractivity contribution in [2.75, 3.05) is 5.32 Å². The molecule has 3 aromatic rings. The summed E-state index contributed by atoms with van der Waals surface area (Å²) in [6.07, 6.45) is 1.94. The van der Waals surface area contributed by atoms with Crippen molar-refractivity contribution in [1.82, 2.24) is 15.4 Å². The third-order valence-electron chi connectivity index (χ3n) is 5.37. The van der Waals surface area contributed by atoms with E-state index in [4.69, 9.17) is 0 Å². The maximum atomic E-state index is 12.7. The van der Waals surface area contributed by atoms with Gasteiger partial charge in [0.25, 0.3) is 17.5 Å². The lowest BCUT2D eigenvalue weighted by molar-refractivity contribution is -0.384. The summed E-state index contributed by atoms with van der Waals surface area (Å²) in [5.41, 5.74) is 7.97. The number of nitrogens with one attached hydrogen (secondary N) is 3. The molecule has 9 nitrogen and oxygen atoms in total. The first-order chi connectivity index (χ1) is 15.3. The lowest BCUT2D eigenvalue weighted by Gasteiger charge is -2.11. The van der Waals surface area contributed by atoms with Crippen molar-refractivity contribution in [3.8, 4) is 5.69 Å². The first-order valence-corrected chi connectivity index (χ1v) is 10.2. The normalized spacial score (nSPS) is 12.8. The summed E-state index contributed by atoms with van der Waals surface area (Å²) in [6.45, 7) is 3.72. The molecule has 4 rings (SSSR count). The Morgan fingerprint density at radius 2 is 1.69 bits per heavy atom. The second-order valence-electron chi connectivity index (χ2n) is 7.77. The highest BCUT2D eigenvalue weighted by Gasteiger charge is 2.26. The van der Waals surface area contributed by atoms with E-state index >= 15 is 0 Å². The molecule has 2 amide bonds. The molecule has 1 saturated carbocycles. The van der Waals surface area contributed by atoms with E-state index in [-0.39, 0.29) is 17.3 Å². The van der Waals surface area contributed by atoms with Crippen LogP contribution < -0.4 is 16.2 Å². The number of amides is 2. The van der Waals surface area contributed by atoms with Crippen LogP contribution in [-0.2, 0) is 0 Å². The Kier molecular flexibility index (Phi) is 5.63. The lowest BCUT2D eigenvalue weighted by atomic mass is 10.1. The maximum Gasteiger partial charge on any atom is 0.293 e. The number of aromatic nitrogens is 1. The van der Waals surface area contributed by atoms with Crippen molar-refractivity contribution in [3.05, 3.63) is 87.2 Å². The minimum absolute atomic E-state index is 0.0769. The second kappa shape index (κ2) is 8.54. The first-order valence-electron chi connectivity index (χ1n) is 10.2. The van der Waals surface area contributed by atoms with Gasteiger partial charge in [0, 0.05) is 34.7 Å². The number of benzene rings is 2. The number of para-hydroxylation sites is 1. The standard InChI is InChI=1S/C23H23N5O4/c1-14-12-19(15(2)27(14)18-6-4-3-5-7-18)23(30)26-25-22(29)16-8-11-20(24-17-9-10-17)21(13-16)28(31)32/h3-8,11-13,17,24H,9-10H2,1-2H3,(H,25,29)(H,26,30). The molecule has 0 saturated heterocycles. The van der Waals surface area contributed by atoms with Crippen molar-refractivity contribution in [1.29, 1.82) is 0 Å². The molecule has 0 radical (unpaired) electrons. The van der Waals surface area contributed by atoms with E-state index in [0.717, 1.165) is 29.9 Å². The van der Waals surface area contributed by atoms with E-state index in [1.165, 1.54) is 18.2 Å². The van der Waals surface area contributed by atoms with Crippen LogP contribution in [0.3, 0.4) is 0 Å². The Morgan fingerprint density at radius 3 is 2.34 bits per heavy atom. The van der Waals surface area contributed by atoms with Crippen LogP contribution in [-0.4, -0.2) is 27.3 Å². The number of carbonyl (C=O) groups is 2. The molecular weight excluding hydrogens is 410 g/mol. The van der Waals surface area contributed by atoms with E-state index in [1.807, 2.05) is 48.7 Å². The summed E-state index contributed by atoms with van der Waals surface area (Å²) < 4.78 is 1.95. The number of hydrogen-bond donors (Lipinski definition) is 3. The highest BCUT2D eigenvalue weighted by molar-refractivity contribution is 6.00. The minimum atomic E-state index is -0.642. The molecule has 32 heavy (non-hydrogen) atoms. The molecule has 1 aliphatic rings. The van der Waals surface area contributed by atoms with Gasteiger partial charge in [-0.25, -0.2) is 0 Å². The topological polar surface area (TPSA) is 118 Å². The number of aryl methyl sites for hydroxylation is 1. The van der Waals surface area contributed by atoms with Gasteiger partial charge < -0.3 is 9.88 Å². The molecule has 0 atom stereocenters. The molecule has 9 heteroatoms. The Balaban J connectivity index is 1.47. The monoisotopic (exact) mass is 433 g/mol. The quantitative estimate of drug-likeness (QED) is 0.405. The molecule has 1 aliphatic carbocycles. The fraction of sp³-hybridized carbons (Fsp3) is 0.217. The average Bonchev–Trinajstić information content (AvgIpc) is 3.55.